The van der Waals surface area contributed by atoms with E-state index in [2.05, 4.69) is 34.5 Å². The maximum absolute atomic E-state index is 4.78. The normalized spacial score (nSPS) is 19.4. The van der Waals surface area contributed by atoms with Crippen LogP contribution in [0.15, 0.2) is 18.9 Å². The molecular formula is C14H24N4. The minimum atomic E-state index is 0.575. The van der Waals surface area contributed by atoms with Crippen LogP contribution in [-0.4, -0.2) is 35.7 Å². The molecule has 1 aliphatic rings. The van der Waals surface area contributed by atoms with E-state index >= 15 is 0 Å². The molecular weight excluding hydrogens is 224 g/mol. The smallest absolute Gasteiger partial charge is 0.206 e. The summed E-state index contributed by atoms with van der Waals surface area (Å²) in [6, 6.07) is 0.575. The Kier molecular flexibility index (Phi) is 4.42. The lowest BCUT2D eigenvalue weighted by molar-refractivity contribution is 0.598. The quantitative estimate of drug-likeness (QED) is 0.780. The Balaban J connectivity index is 2.24. The molecule has 0 aromatic carbocycles. The van der Waals surface area contributed by atoms with E-state index in [0.717, 1.165) is 32.0 Å². The molecule has 0 radical (unpaired) electrons. The molecule has 4 nitrogen and oxygen atoms in total. The molecule has 2 heterocycles. The largest absolute Gasteiger partial charge is 0.338 e. The van der Waals surface area contributed by atoms with Gasteiger partial charge in [-0.15, -0.1) is 6.58 Å². The number of hydrogen-bond donors (Lipinski definition) is 1. The van der Waals surface area contributed by atoms with Gasteiger partial charge in [0.05, 0.1) is 5.69 Å². The van der Waals surface area contributed by atoms with Gasteiger partial charge in [0.1, 0.15) is 0 Å². The summed E-state index contributed by atoms with van der Waals surface area (Å²) in [6.07, 6.45) is 7.60. The third-order valence-electron chi connectivity index (χ3n) is 3.57. The van der Waals surface area contributed by atoms with E-state index in [0.29, 0.717) is 6.04 Å². The fourth-order valence-corrected chi connectivity index (χ4v) is 2.68. The van der Waals surface area contributed by atoms with Crippen molar-refractivity contribution in [2.24, 2.45) is 0 Å². The molecule has 1 aromatic heterocycles. The number of nitrogens with zero attached hydrogens (tertiary/aromatic N) is 3. The Hall–Kier alpha value is -1.29. The van der Waals surface area contributed by atoms with Crippen LogP contribution in [0, 0.1) is 0 Å². The molecule has 0 aliphatic carbocycles. The van der Waals surface area contributed by atoms with Crippen LogP contribution < -0.4 is 10.2 Å². The second-order valence-corrected chi connectivity index (χ2v) is 4.87. The van der Waals surface area contributed by atoms with Crippen molar-refractivity contribution in [2.75, 3.05) is 25.0 Å². The van der Waals surface area contributed by atoms with E-state index in [4.69, 9.17) is 4.98 Å². The van der Waals surface area contributed by atoms with Crippen molar-refractivity contribution in [1.82, 2.24) is 14.9 Å². The lowest BCUT2D eigenvalue weighted by Crippen LogP contribution is -2.38. The highest BCUT2D eigenvalue weighted by Gasteiger charge is 2.27. The number of rotatable bonds is 6. The Morgan fingerprint density at radius 3 is 3.11 bits per heavy atom. The Bertz CT molecular complexity index is 396. The van der Waals surface area contributed by atoms with Gasteiger partial charge in [-0.2, -0.15) is 0 Å². The van der Waals surface area contributed by atoms with Gasteiger partial charge in [0.25, 0.3) is 0 Å². The molecule has 1 N–H and O–H groups in total. The van der Waals surface area contributed by atoms with Crippen molar-refractivity contribution >= 4 is 5.95 Å². The summed E-state index contributed by atoms with van der Waals surface area (Å²) >= 11 is 0. The van der Waals surface area contributed by atoms with Crippen molar-refractivity contribution in [3.05, 3.63) is 24.5 Å². The first-order chi connectivity index (χ1) is 8.80. The van der Waals surface area contributed by atoms with Gasteiger partial charge in [0.2, 0.25) is 5.95 Å². The zero-order chi connectivity index (χ0) is 13.0. The van der Waals surface area contributed by atoms with Gasteiger partial charge in [0, 0.05) is 31.9 Å². The van der Waals surface area contributed by atoms with E-state index in [-0.39, 0.29) is 0 Å². The van der Waals surface area contributed by atoms with E-state index in [1.165, 1.54) is 18.5 Å². The molecule has 1 saturated heterocycles. The molecule has 1 fully saturated rings. The number of nitrogens with one attached hydrogen (secondary N) is 1. The van der Waals surface area contributed by atoms with Crippen LogP contribution in [0.1, 0.15) is 25.5 Å². The number of hydrogen-bond acceptors (Lipinski definition) is 3. The monoisotopic (exact) mass is 248 g/mol. The van der Waals surface area contributed by atoms with E-state index in [1.54, 1.807) is 0 Å². The molecule has 1 atom stereocenters. The molecule has 1 aliphatic heterocycles. The SMILES string of the molecule is C=CCn1cc(CC)nc1N1CCCC1CNC. The second kappa shape index (κ2) is 6.05. The van der Waals surface area contributed by atoms with Crippen LogP contribution in [0.5, 0.6) is 0 Å². The summed E-state index contributed by atoms with van der Waals surface area (Å²) < 4.78 is 2.22. The highest BCUT2D eigenvalue weighted by atomic mass is 15.3. The molecule has 2 rings (SSSR count). The highest BCUT2D eigenvalue weighted by molar-refractivity contribution is 5.37. The zero-order valence-electron chi connectivity index (χ0n) is 11.5. The van der Waals surface area contributed by atoms with Gasteiger partial charge in [-0.05, 0) is 26.3 Å². The first-order valence-electron chi connectivity index (χ1n) is 6.88. The van der Waals surface area contributed by atoms with Crippen LogP contribution in [-0.2, 0) is 13.0 Å². The number of likely N-dealkylation sites (N-methyl/N-ethyl adjacent to an activating group) is 1. The number of allylic oxidation sites excluding steroid dienone is 1. The Morgan fingerprint density at radius 1 is 1.61 bits per heavy atom. The molecule has 0 amide bonds. The van der Waals surface area contributed by atoms with Crippen molar-refractivity contribution in [1.29, 1.82) is 0 Å². The lowest BCUT2D eigenvalue weighted by Gasteiger charge is -2.26. The first-order valence-corrected chi connectivity index (χ1v) is 6.88. The summed E-state index contributed by atoms with van der Waals surface area (Å²) in [7, 11) is 2.02. The van der Waals surface area contributed by atoms with Crippen molar-refractivity contribution in [2.45, 2.75) is 38.8 Å². The number of aryl methyl sites for hydroxylation is 1. The van der Waals surface area contributed by atoms with Crippen molar-refractivity contribution in [3.63, 3.8) is 0 Å². The Labute approximate surface area is 110 Å². The molecule has 100 valence electrons. The molecule has 0 saturated carbocycles. The maximum atomic E-state index is 4.78. The highest BCUT2D eigenvalue weighted by Crippen LogP contribution is 2.25. The van der Waals surface area contributed by atoms with E-state index in [9.17, 15) is 0 Å². The predicted molar refractivity (Wildman–Crippen MR) is 76.1 cm³/mol. The Morgan fingerprint density at radius 2 is 2.44 bits per heavy atom. The number of imidazole rings is 1. The fourth-order valence-electron chi connectivity index (χ4n) is 2.68. The molecule has 0 spiro atoms. The van der Waals surface area contributed by atoms with Crippen LogP contribution in [0.4, 0.5) is 5.95 Å². The average molecular weight is 248 g/mol. The standard InChI is InChI=1S/C14H24N4/c1-4-8-17-11-12(5-2)16-14(17)18-9-6-7-13(18)10-15-3/h4,11,13,15H,1,5-10H2,2-3H3. The van der Waals surface area contributed by atoms with Gasteiger partial charge in [-0.3, -0.25) is 0 Å². The van der Waals surface area contributed by atoms with Crippen molar-refractivity contribution < 1.29 is 0 Å². The summed E-state index contributed by atoms with van der Waals surface area (Å²) in [6.45, 7) is 8.97. The van der Waals surface area contributed by atoms with Gasteiger partial charge >= 0.3 is 0 Å². The van der Waals surface area contributed by atoms with E-state index < -0.39 is 0 Å². The van der Waals surface area contributed by atoms with Gasteiger partial charge < -0.3 is 14.8 Å². The van der Waals surface area contributed by atoms with Crippen LogP contribution in [0.2, 0.25) is 0 Å². The summed E-state index contributed by atoms with van der Waals surface area (Å²) in [5.41, 5.74) is 1.17. The van der Waals surface area contributed by atoms with Crippen LogP contribution >= 0.6 is 0 Å². The van der Waals surface area contributed by atoms with Crippen LogP contribution in [0.3, 0.4) is 0 Å². The minimum Gasteiger partial charge on any atom is -0.338 e. The summed E-state index contributed by atoms with van der Waals surface area (Å²) in [5, 5.41) is 3.28. The number of aromatic nitrogens is 2. The third kappa shape index (κ3) is 2.58. The van der Waals surface area contributed by atoms with Gasteiger partial charge in [0.15, 0.2) is 0 Å². The number of anilines is 1. The molecule has 4 heteroatoms. The van der Waals surface area contributed by atoms with E-state index in [1.807, 2.05) is 13.1 Å². The predicted octanol–water partition coefficient (Wildman–Crippen LogP) is 1.82. The molecule has 1 unspecified atom stereocenters. The van der Waals surface area contributed by atoms with Crippen molar-refractivity contribution in [3.8, 4) is 0 Å². The first kappa shape index (κ1) is 13.1. The zero-order valence-corrected chi connectivity index (χ0v) is 11.5. The lowest BCUT2D eigenvalue weighted by atomic mass is 10.2. The van der Waals surface area contributed by atoms with Crippen LogP contribution in [0.25, 0.3) is 0 Å². The molecule has 18 heavy (non-hydrogen) atoms. The summed E-state index contributed by atoms with van der Waals surface area (Å²) in [4.78, 5) is 7.22. The van der Waals surface area contributed by atoms with Gasteiger partial charge in [-0.1, -0.05) is 13.0 Å². The molecule has 1 aromatic rings. The average Bonchev–Trinajstić information content (AvgIpc) is 2.96. The third-order valence-corrected chi connectivity index (χ3v) is 3.57. The minimum absolute atomic E-state index is 0.575. The maximum Gasteiger partial charge on any atom is 0.206 e. The topological polar surface area (TPSA) is 33.1 Å². The fraction of sp³-hybridized carbons (Fsp3) is 0.643. The molecule has 0 bridgehead atoms. The van der Waals surface area contributed by atoms with Gasteiger partial charge in [-0.25, -0.2) is 4.98 Å². The second-order valence-electron chi connectivity index (χ2n) is 4.87. The summed E-state index contributed by atoms with van der Waals surface area (Å²) in [5.74, 6) is 1.12.